The zero-order valence-electron chi connectivity index (χ0n) is 42.8. The van der Waals surface area contributed by atoms with Crippen molar-refractivity contribution in [2.24, 2.45) is 0 Å². The van der Waals surface area contributed by atoms with Crippen LogP contribution in [-0.2, 0) is 24.8 Å². The summed E-state index contributed by atoms with van der Waals surface area (Å²) in [6, 6.07) is 58.3. The zero-order chi connectivity index (χ0) is 50.2. The number of nitrogens with zero attached hydrogens (tertiary/aromatic N) is 5. The van der Waals surface area contributed by atoms with Crippen molar-refractivity contribution in [2.45, 2.75) is 33.0 Å². The molecule has 0 atom stereocenters. The average Bonchev–Trinajstić information content (AvgIpc) is 3.91. The summed E-state index contributed by atoms with van der Waals surface area (Å²) >= 11 is 2.39. The molecule has 0 fully saturated rings. The molecule has 13 rings (SSSR count). The van der Waals surface area contributed by atoms with Gasteiger partial charge in [0.2, 0.25) is 0 Å². The van der Waals surface area contributed by atoms with E-state index in [1.807, 2.05) is 115 Å². The van der Waals surface area contributed by atoms with Crippen LogP contribution < -0.4 is 19.8 Å². The monoisotopic (exact) mass is 1050 g/mol. The summed E-state index contributed by atoms with van der Waals surface area (Å²) in [4.78, 5) is 9.71. The van der Waals surface area contributed by atoms with Crippen LogP contribution in [-0.4, -0.2) is 21.1 Å². The number of benzene rings is 8. The topological polar surface area (TPSA) is 38.5 Å². The molecule has 0 saturated heterocycles. The molecule has 8 heteroatoms. The Labute approximate surface area is 410 Å². The van der Waals surface area contributed by atoms with E-state index in [0.29, 0.717) is 34.1 Å². The molecule has 6 nitrogen and oxygen atoms in total. The van der Waals surface area contributed by atoms with Gasteiger partial charge in [0.25, 0.3) is 0 Å². The second kappa shape index (κ2) is 15.0. The fraction of sp³-hybridized carbons (Fsp3) is 0.0847. The zero-order valence-corrected chi connectivity index (χ0v) is 39.1. The van der Waals surface area contributed by atoms with Gasteiger partial charge in [0.15, 0.2) is 0 Å². The molecule has 0 aliphatic carbocycles. The molecule has 8 aromatic carbocycles. The summed E-state index contributed by atoms with van der Waals surface area (Å²) in [5, 5.41) is 0. The standard InChI is InChI=1S/C59H44BN5O.Pt/c1-38-33-48(39-17-6-5-7-18-39)57(49(34-38)40-19-14-20-41(35-40)59(2,3)4)63-37-62(51-27-10-11-28-52(51)63)42-21-15-22-43(36-42)66-55-32-31-47-46-25-16-24-45-44-23-8-9-26-50(44)64-53-29-12-13-30-54(53)65(58(47)61-55)60(64)56(45)46;/h5-36H,1-4H3;/i1D3,16D,24D,25D;. The Kier molecular flexibility index (Phi) is 7.61. The number of pyridine rings is 1. The molecule has 324 valence electrons. The van der Waals surface area contributed by atoms with Crippen LogP contribution in [0.5, 0.6) is 11.6 Å². The van der Waals surface area contributed by atoms with Crippen LogP contribution >= 0.6 is 0 Å². The molecule has 0 bridgehead atoms. The third-order valence-corrected chi connectivity index (χ3v) is 14.3. The van der Waals surface area contributed by atoms with E-state index in [0.717, 1.165) is 82.1 Å². The third-order valence-electron chi connectivity index (χ3n) is 13.3. The number of aryl methyl sites for hydroxylation is 1. The minimum atomic E-state index is -2.37. The molecular weight excluding hydrogens is 1000 g/mol. The minimum absolute atomic E-state index is 0.00334. The summed E-state index contributed by atoms with van der Waals surface area (Å²) in [5.74, 6) is 1.51. The first kappa shape index (κ1) is 33.9. The number of para-hydroxylation sites is 5. The van der Waals surface area contributed by atoms with Gasteiger partial charge in [-0.15, -0.1) is 0 Å². The number of rotatable bonds is 6. The molecule has 3 aliphatic heterocycles. The van der Waals surface area contributed by atoms with Crippen molar-refractivity contribution in [3.05, 3.63) is 209 Å². The molecule has 3 aliphatic rings. The van der Waals surface area contributed by atoms with Crippen LogP contribution in [0.1, 0.15) is 40.1 Å². The molecule has 67 heavy (non-hydrogen) atoms. The summed E-state index contributed by atoms with van der Waals surface area (Å²) in [6.07, 6.45) is 0. The number of hydrogen-bond acceptors (Lipinski definition) is 4. The van der Waals surface area contributed by atoms with Crippen LogP contribution in [0.15, 0.2) is 194 Å². The molecule has 0 radical (unpaired) electrons. The van der Waals surface area contributed by atoms with Crippen LogP contribution in [0.25, 0.3) is 66.9 Å². The first-order valence-corrected chi connectivity index (χ1v) is 23.5. The van der Waals surface area contributed by atoms with Crippen molar-refractivity contribution in [1.82, 2.24) is 14.1 Å². The SMILES string of the molecule is [2H]c1c([2H])c2c3c(c1[2H])-c1ccc(Oc4cccc(-n5[c](=[Pt])n(-c6c(-c7ccccc7)cc(C([2H])([2H])[2H])cc6-c6cccc(C(C)(C)C)c6)c6ccccc65)c4)nc1N1B3N(c3ccccc3-2)c2ccccc21. The summed E-state index contributed by atoms with van der Waals surface area (Å²) in [7, 11) is 0. The number of anilines is 4. The Bertz CT molecular complexity index is 4030. The molecule has 0 amide bonds. The molecule has 0 spiro atoms. The van der Waals surface area contributed by atoms with Crippen molar-refractivity contribution >= 4 is 46.4 Å². The average molecular weight is 1050 g/mol. The van der Waals surface area contributed by atoms with Gasteiger partial charge in [-0.3, -0.25) is 0 Å². The molecular formula is C59H44BN5OPt. The van der Waals surface area contributed by atoms with Gasteiger partial charge in [-0.25, -0.2) is 0 Å². The molecule has 5 heterocycles. The Morgan fingerprint density at radius 2 is 1.24 bits per heavy atom. The van der Waals surface area contributed by atoms with Crippen molar-refractivity contribution in [2.75, 3.05) is 9.62 Å². The molecule has 0 unspecified atom stereocenters. The Hall–Kier alpha value is -7.47. The van der Waals surface area contributed by atoms with E-state index in [2.05, 4.69) is 120 Å². The summed E-state index contributed by atoms with van der Waals surface area (Å²) < 4.78 is 65.7. The van der Waals surface area contributed by atoms with Crippen molar-refractivity contribution < 1.29 is 32.3 Å². The predicted octanol–water partition coefficient (Wildman–Crippen LogP) is 14.3. The van der Waals surface area contributed by atoms with E-state index < -0.39 is 13.8 Å². The van der Waals surface area contributed by atoms with E-state index in [9.17, 15) is 2.74 Å². The van der Waals surface area contributed by atoms with Crippen LogP contribution in [0.4, 0.5) is 22.9 Å². The molecule has 10 aromatic rings. The number of ether oxygens (including phenoxy) is 1. The second-order valence-electron chi connectivity index (χ2n) is 18.3. The number of imidazole rings is 1. The van der Waals surface area contributed by atoms with Gasteiger partial charge < -0.3 is 0 Å². The van der Waals surface area contributed by atoms with Crippen LogP contribution in [0.3, 0.4) is 0 Å². The van der Waals surface area contributed by atoms with Crippen molar-refractivity contribution in [3.8, 4) is 67.5 Å². The van der Waals surface area contributed by atoms with E-state index in [4.69, 9.17) is 15.2 Å². The van der Waals surface area contributed by atoms with E-state index in [1.165, 1.54) is 0 Å². The van der Waals surface area contributed by atoms with Gasteiger partial charge in [-0.05, 0) is 17.7 Å². The molecule has 2 aromatic heterocycles. The van der Waals surface area contributed by atoms with Gasteiger partial charge >= 0.3 is 336 Å². The van der Waals surface area contributed by atoms with E-state index in [1.54, 1.807) is 0 Å². The number of fused-ring (bicyclic) bond motifs is 10. The van der Waals surface area contributed by atoms with Crippen LogP contribution in [0, 0.1) is 10.7 Å². The summed E-state index contributed by atoms with van der Waals surface area (Å²) in [5.41, 5.74) is 14.8. The first-order valence-electron chi connectivity index (χ1n) is 25.4. The summed E-state index contributed by atoms with van der Waals surface area (Å²) in [6.45, 7) is 3.76. The van der Waals surface area contributed by atoms with Crippen LogP contribution in [0.2, 0.25) is 0 Å². The van der Waals surface area contributed by atoms with E-state index in [-0.39, 0.29) is 29.1 Å². The van der Waals surface area contributed by atoms with Crippen molar-refractivity contribution in [1.29, 1.82) is 0 Å². The molecule has 0 N–H and O–H groups in total. The van der Waals surface area contributed by atoms with Gasteiger partial charge in [0, 0.05) is 11.3 Å². The normalized spacial score (nSPS) is 14.6. The van der Waals surface area contributed by atoms with Gasteiger partial charge in [-0.1, -0.05) is 42.4 Å². The fourth-order valence-corrected chi connectivity index (χ4v) is 11.4. The van der Waals surface area contributed by atoms with Gasteiger partial charge in [0.05, 0.1) is 4.11 Å². The van der Waals surface area contributed by atoms with Gasteiger partial charge in [0.1, 0.15) is 0 Å². The fourth-order valence-electron chi connectivity index (χ4n) is 10.3. The number of aromatic nitrogens is 3. The Morgan fingerprint density at radius 3 is 2.01 bits per heavy atom. The van der Waals surface area contributed by atoms with Gasteiger partial charge in [-0.2, -0.15) is 0 Å². The Morgan fingerprint density at radius 1 is 0.582 bits per heavy atom. The third kappa shape index (κ3) is 6.14. The quantitative estimate of drug-likeness (QED) is 0.156. The maximum atomic E-state index is 9.34. The second-order valence-corrected chi connectivity index (χ2v) is 19.3. The number of hydrogen-bond donors (Lipinski definition) is 0. The predicted molar refractivity (Wildman–Crippen MR) is 271 cm³/mol. The van der Waals surface area contributed by atoms with E-state index >= 15 is 0 Å². The first-order chi connectivity index (χ1) is 35.2. The maximum absolute atomic E-state index is 9.34. The molecule has 0 saturated carbocycles. The Balaban J connectivity index is 0.969. The van der Waals surface area contributed by atoms with Crippen molar-refractivity contribution in [3.63, 3.8) is 0 Å².